The van der Waals surface area contributed by atoms with E-state index in [1.807, 2.05) is 16.0 Å². The molecule has 0 saturated carbocycles. The molecule has 0 unspecified atom stereocenters. The number of hydrogen-bond donors (Lipinski definition) is 0. The molecule has 0 aliphatic carbocycles. The maximum atomic E-state index is 12.7. The number of thiophene rings is 1. The van der Waals surface area contributed by atoms with Crippen LogP contribution in [0.25, 0.3) is 4.96 Å². The SMILES string of the molecule is COCCN(Cc1ccc(C)s1)C(=O)c1cn2ccsc2n1. The van der Waals surface area contributed by atoms with Crippen LogP contribution in [-0.4, -0.2) is 40.5 Å². The monoisotopic (exact) mass is 335 g/mol. The van der Waals surface area contributed by atoms with Crippen molar-refractivity contribution in [3.63, 3.8) is 0 Å². The minimum absolute atomic E-state index is 0.0565. The second kappa shape index (κ2) is 6.60. The number of thiazole rings is 1. The van der Waals surface area contributed by atoms with E-state index in [0.29, 0.717) is 25.4 Å². The molecular weight excluding hydrogens is 318 g/mol. The number of nitrogens with zero attached hydrogens (tertiary/aromatic N) is 3. The number of aromatic nitrogens is 2. The van der Waals surface area contributed by atoms with Crippen LogP contribution in [0, 0.1) is 6.92 Å². The number of fused-ring (bicyclic) bond motifs is 1. The fraction of sp³-hybridized carbons (Fsp3) is 0.333. The number of methoxy groups -OCH3 is 1. The van der Waals surface area contributed by atoms with E-state index in [4.69, 9.17) is 4.74 Å². The topological polar surface area (TPSA) is 46.8 Å². The van der Waals surface area contributed by atoms with Gasteiger partial charge in [0.2, 0.25) is 0 Å². The molecule has 0 aliphatic rings. The molecule has 0 bridgehead atoms. The predicted octanol–water partition coefficient (Wildman–Crippen LogP) is 3.05. The van der Waals surface area contributed by atoms with Crippen molar-refractivity contribution in [2.75, 3.05) is 20.3 Å². The minimum Gasteiger partial charge on any atom is -0.383 e. The van der Waals surface area contributed by atoms with E-state index in [2.05, 4.69) is 24.0 Å². The molecule has 3 aromatic heterocycles. The molecule has 1 amide bonds. The first-order chi connectivity index (χ1) is 10.7. The predicted molar refractivity (Wildman–Crippen MR) is 88.7 cm³/mol. The van der Waals surface area contributed by atoms with Crippen LogP contribution in [-0.2, 0) is 11.3 Å². The van der Waals surface area contributed by atoms with E-state index >= 15 is 0 Å². The smallest absolute Gasteiger partial charge is 0.274 e. The minimum atomic E-state index is -0.0565. The van der Waals surface area contributed by atoms with Gasteiger partial charge >= 0.3 is 0 Å². The molecule has 0 N–H and O–H groups in total. The van der Waals surface area contributed by atoms with Crippen LogP contribution in [0.4, 0.5) is 0 Å². The van der Waals surface area contributed by atoms with Gasteiger partial charge in [0.25, 0.3) is 5.91 Å². The summed E-state index contributed by atoms with van der Waals surface area (Å²) in [6, 6.07) is 4.14. The highest BCUT2D eigenvalue weighted by molar-refractivity contribution is 7.15. The van der Waals surface area contributed by atoms with Crippen molar-refractivity contribution in [3.05, 3.63) is 45.4 Å². The Morgan fingerprint density at radius 3 is 3.00 bits per heavy atom. The van der Waals surface area contributed by atoms with Crippen LogP contribution in [0.5, 0.6) is 0 Å². The fourth-order valence-corrected chi connectivity index (χ4v) is 3.81. The maximum absolute atomic E-state index is 12.7. The quantitative estimate of drug-likeness (QED) is 0.695. The molecule has 3 heterocycles. The molecule has 5 nitrogen and oxygen atoms in total. The van der Waals surface area contributed by atoms with Crippen LogP contribution in [0.2, 0.25) is 0 Å². The average molecular weight is 335 g/mol. The van der Waals surface area contributed by atoms with Gasteiger partial charge < -0.3 is 9.64 Å². The van der Waals surface area contributed by atoms with E-state index < -0.39 is 0 Å². The summed E-state index contributed by atoms with van der Waals surface area (Å²) in [5.74, 6) is -0.0565. The first-order valence-corrected chi connectivity index (χ1v) is 8.62. The maximum Gasteiger partial charge on any atom is 0.274 e. The lowest BCUT2D eigenvalue weighted by Gasteiger charge is -2.20. The Morgan fingerprint density at radius 2 is 2.32 bits per heavy atom. The van der Waals surface area contributed by atoms with E-state index in [1.165, 1.54) is 21.1 Å². The van der Waals surface area contributed by atoms with E-state index in [9.17, 15) is 4.79 Å². The average Bonchev–Trinajstić information content (AvgIpc) is 3.18. The highest BCUT2D eigenvalue weighted by atomic mass is 32.1. The third-order valence-corrected chi connectivity index (χ3v) is 5.06. The van der Waals surface area contributed by atoms with Gasteiger partial charge in [-0.05, 0) is 19.1 Å². The lowest BCUT2D eigenvalue weighted by Crippen LogP contribution is -2.33. The molecule has 0 spiro atoms. The van der Waals surface area contributed by atoms with Crippen molar-refractivity contribution in [2.24, 2.45) is 0 Å². The van der Waals surface area contributed by atoms with Gasteiger partial charge in [-0.15, -0.1) is 22.7 Å². The van der Waals surface area contributed by atoms with Crippen molar-refractivity contribution in [3.8, 4) is 0 Å². The molecule has 116 valence electrons. The number of amides is 1. The van der Waals surface area contributed by atoms with Crippen molar-refractivity contribution < 1.29 is 9.53 Å². The van der Waals surface area contributed by atoms with E-state index in [1.54, 1.807) is 29.5 Å². The highest BCUT2D eigenvalue weighted by Crippen LogP contribution is 2.19. The highest BCUT2D eigenvalue weighted by Gasteiger charge is 2.20. The molecular formula is C15H17N3O2S2. The van der Waals surface area contributed by atoms with Crippen molar-refractivity contribution >= 4 is 33.5 Å². The summed E-state index contributed by atoms with van der Waals surface area (Å²) in [4.78, 5) is 22.2. The summed E-state index contributed by atoms with van der Waals surface area (Å²) in [6.45, 7) is 3.72. The molecule has 3 aromatic rings. The molecule has 0 fully saturated rings. The van der Waals surface area contributed by atoms with Crippen LogP contribution in [0.1, 0.15) is 20.2 Å². The number of rotatable bonds is 6. The van der Waals surface area contributed by atoms with Gasteiger partial charge in [-0.25, -0.2) is 4.98 Å². The third kappa shape index (κ3) is 3.21. The Morgan fingerprint density at radius 1 is 1.45 bits per heavy atom. The van der Waals surface area contributed by atoms with Crippen LogP contribution < -0.4 is 0 Å². The molecule has 3 rings (SSSR count). The fourth-order valence-electron chi connectivity index (χ4n) is 2.20. The standard InChI is InChI=1S/C15H17N3O2S2/c1-11-3-4-12(22-11)9-17(5-7-20-2)14(19)13-10-18-6-8-21-15(18)16-13/h3-4,6,8,10H,5,7,9H2,1-2H3. The molecule has 0 radical (unpaired) electrons. The van der Waals surface area contributed by atoms with Crippen LogP contribution >= 0.6 is 22.7 Å². The van der Waals surface area contributed by atoms with Gasteiger partial charge in [0, 0.05) is 41.2 Å². The first-order valence-electron chi connectivity index (χ1n) is 6.93. The molecule has 0 aliphatic heterocycles. The number of imidazole rings is 1. The van der Waals surface area contributed by atoms with Crippen molar-refractivity contribution in [2.45, 2.75) is 13.5 Å². The zero-order valence-electron chi connectivity index (χ0n) is 12.5. The summed E-state index contributed by atoms with van der Waals surface area (Å²) in [6.07, 6.45) is 3.69. The van der Waals surface area contributed by atoms with Gasteiger partial charge in [-0.1, -0.05) is 0 Å². The molecule has 7 heteroatoms. The van der Waals surface area contributed by atoms with Gasteiger partial charge in [-0.2, -0.15) is 0 Å². The Kier molecular flexibility index (Phi) is 4.56. The lowest BCUT2D eigenvalue weighted by atomic mass is 10.3. The summed E-state index contributed by atoms with van der Waals surface area (Å²) in [7, 11) is 1.64. The normalized spacial score (nSPS) is 11.2. The van der Waals surface area contributed by atoms with E-state index in [0.717, 1.165) is 4.96 Å². The van der Waals surface area contributed by atoms with E-state index in [-0.39, 0.29) is 5.91 Å². The Hall–Kier alpha value is -1.70. The van der Waals surface area contributed by atoms with Gasteiger partial charge in [0.1, 0.15) is 5.69 Å². The summed E-state index contributed by atoms with van der Waals surface area (Å²) in [5, 5.41) is 1.95. The van der Waals surface area contributed by atoms with Gasteiger partial charge in [0.15, 0.2) is 4.96 Å². The number of aryl methyl sites for hydroxylation is 1. The zero-order valence-corrected chi connectivity index (χ0v) is 14.1. The molecule has 22 heavy (non-hydrogen) atoms. The first kappa shape index (κ1) is 15.2. The number of carbonyl (C=O) groups excluding carboxylic acids is 1. The van der Waals surface area contributed by atoms with Crippen LogP contribution in [0.3, 0.4) is 0 Å². The van der Waals surface area contributed by atoms with Crippen molar-refractivity contribution in [1.29, 1.82) is 0 Å². The molecule has 0 aromatic carbocycles. The number of ether oxygens (including phenoxy) is 1. The van der Waals surface area contributed by atoms with Gasteiger partial charge in [0.05, 0.1) is 13.2 Å². The summed E-state index contributed by atoms with van der Waals surface area (Å²) < 4.78 is 7.01. The lowest BCUT2D eigenvalue weighted by molar-refractivity contribution is 0.0677. The third-order valence-electron chi connectivity index (χ3n) is 3.31. The molecule has 0 atom stereocenters. The Bertz CT molecular complexity index is 746. The van der Waals surface area contributed by atoms with Gasteiger partial charge in [-0.3, -0.25) is 9.20 Å². The van der Waals surface area contributed by atoms with Crippen LogP contribution in [0.15, 0.2) is 29.9 Å². The second-order valence-corrected chi connectivity index (χ2v) is 7.20. The summed E-state index contributed by atoms with van der Waals surface area (Å²) in [5.41, 5.74) is 0.483. The zero-order chi connectivity index (χ0) is 15.5. The Labute approximate surface area is 136 Å². The largest absolute Gasteiger partial charge is 0.383 e. The summed E-state index contributed by atoms with van der Waals surface area (Å²) >= 11 is 3.23. The Balaban J connectivity index is 1.80. The number of hydrogen-bond acceptors (Lipinski definition) is 5. The second-order valence-electron chi connectivity index (χ2n) is 4.95. The molecule has 0 saturated heterocycles. The number of carbonyl (C=O) groups is 1. The van der Waals surface area contributed by atoms with Crippen molar-refractivity contribution in [1.82, 2.24) is 14.3 Å².